The fourth-order valence-electron chi connectivity index (χ4n) is 3.27. The van der Waals surface area contributed by atoms with Gasteiger partial charge in [0.25, 0.3) is 0 Å². The summed E-state index contributed by atoms with van der Waals surface area (Å²) in [5.41, 5.74) is 0. The standard InChI is InChI=1S/C14H24ClN3/c1-3-8-13-16-17-14(15)18(13)12(4-2)11-9-6-5-7-10-11/h11-12H,3-10H2,1-2H3. The van der Waals surface area contributed by atoms with Crippen LogP contribution in [0.3, 0.4) is 0 Å². The summed E-state index contributed by atoms with van der Waals surface area (Å²) in [6, 6.07) is 0.495. The number of nitrogens with zero attached hydrogens (tertiary/aromatic N) is 3. The van der Waals surface area contributed by atoms with E-state index in [1.807, 2.05) is 0 Å². The summed E-state index contributed by atoms with van der Waals surface area (Å²) < 4.78 is 2.21. The topological polar surface area (TPSA) is 30.7 Å². The molecular weight excluding hydrogens is 246 g/mol. The van der Waals surface area contributed by atoms with Crippen LogP contribution in [0.25, 0.3) is 0 Å². The molecule has 0 aliphatic heterocycles. The third-order valence-corrected chi connectivity index (χ3v) is 4.40. The SMILES string of the molecule is CCCc1nnc(Cl)n1C(CC)C1CCCCC1. The molecule has 18 heavy (non-hydrogen) atoms. The van der Waals surface area contributed by atoms with Gasteiger partial charge in [-0.1, -0.05) is 33.1 Å². The fraction of sp³-hybridized carbons (Fsp3) is 0.857. The Morgan fingerprint density at radius 2 is 1.94 bits per heavy atom. The molecule has 102 valence electrons. The van der Waals surface area contributed by atoms with E-state index in [2.05, 4.69) is 28.6 Å². The lowest BCUT2D eigenvalue weighted by atomic mass is 9.82. The molecule has 0 amide bonds. The predicted octanol–water partition coefficient (Wildman–Crippen LogP) is 4.42. The first kappa shape index (κ1) is 13.9. The maximum Gasteiger partial charge on any atom is 0.225 e. The molecule has 1 unspecified atom stereocenters. The normalized spacial score (nSPS) is 19.1. The first-order valence-corrected chi connectivity index (χ1v) is 7.75. The highest BCUT2D eigenvalue weighted by atomic mass is 35.5. The Bertz CT molecular complexity index is 369. The lowest BCUT2D eigenvalue weighted by molar-refractivity contribution is 0.239. The molecule has 1 fully saturated rings. The van der Waals surface area contributed by atoms with Crippen LogP contribution in [0.1, 0.15) is 70.7 Å². The Labute approximate surface area is 115 Å². The van der Waals surface area contributed by atoms with Crippen LogP contribution in [0, 0.1) is 5.92 Å². The molecule has 0 saturated heterocycles. The average Bonchev–Trinajstić information content (AvgIpc) is 2.75. The van der Waals surface area contributed by atoms with E-state index in [1.54, 1.807) is 0 Å². The Morgan fingerprint density at radius 3 is 2.56 bits per heavy atom. The summed E-state index contributed by atoms with van der Waals surface area (Å²) in [4.78, 5) is 0. The molecular formula is C14H24ClN3. The second-order valence-electron chi connectivity index (χ2n) is 5.38. The minimum atomic E-state index is 0.495. The van der Waals surface area contributed by atoms with E-state index in [0.29, 0.717) is 11.3 Å². The van der Waals surface area contributed by atoms with Crippen LogP contribution in [0.2, 0.25) is 5.28 Å². The van der Waals surface area contributed by atoms with Gasteiger partial charge in [-0.2, -0.15) is 0 Å². The Kier molecular flexibility index (Phi) is 5.04. The van der Waals surface area contributed by atoms with Gasteiger partial charge in [-0.25, -0.2) is 0 Å². The third-order valence-electron chi connectivity index (χ3n) is 4.14. The second-order valence-corrected chi connectivity index (χ2v) is 5.72. The van der Waals surface area contributed by atoms with E-state index in [9.17, 15) is 0 Å². The van der Waals surface area contributed by atoms with Gasteiger partial charge >= 0.3 is 0 Å². The Hall–Kier alpha value is -0.570. The van der Waals surface area contributed by atoms with Gasteiger partial charge in [0.15, 0.2) is 0 Å². The lowest BCUT2D eigenvalue weighted by Crippen LogP contribution is -2.23. The van der Waals surface area contributed by atoms with E-state index in [4.69, 9.17) is 11.6 Å². The van der Waals surface area contributed by atoms with Crippen molar-refractivity contribution in [1.29, 1.82) is 0 Å². The van der Waals surface area contributed by atoms with Crippen molar-refractivity contribution in [2.75, 3.05) is 0 Å². The van der Waals surface area contributed by atoms with Gasteiger partial charge in [0.05, 0.1) is 0 Å². The molecule has 4 heteroatoms. The minimum absolute atomic E-state index is 0.495. The molecule has 3 nitrogen and oxygen atoms in total. The van der Waals surface area contributed by atoms with Crippen molar-refractivity contribution in [1.82, 2.24) is 14.8 Å². The van der Waals surface area contributed by atoms with Gasteiger partial charge in [0.1, 0.15) is 5.82 Å². The second kappa shape index (κ2) is 6.55. The van der Waals surface area contributed by atoms with E-state index < -0.39 is 0 Å². The summed E-state index contributed by atoms with van der Waals surface area (Å²) in [6.07, 6.45) is 9.98. The first-order valence-electron chi connectivity index (χ1n) is 7.37. The van der Waals surface area contributed by atoms with E-state index >= 15 is 0 Å². The zero-order valence-corrected chi connectivity index (χ0v) is 12.3. The summed E-state index contributed by atoms with van der Waals surface area (Å²) >= 11 is 6.26. The highest BCUT2D eigenvalue weighted by Gasteiger charge is 2.27. The smallest absolute Gasteiger partial charge is 0.225 e. The Morgan fingerprint density at radius 1 is 1.22 bits per heavy atom. The van der Waals surface area contributed by atoms with Crippen LogP contribution in [0.5, 0.6) is 0 Å². The number of halogens is 1. The molecule has 1 aliphatic rings. The molecule has 0 aromatic carbocycles. The summed E-state index contributed by atoms with van der Waals surface area (Å²) in [7, 11) is 0. The quantitative estimate of drug-likeness (QED) is 0.792. The molecule has 0 bridgehead atoms. The first-order chi connectivity index (χ1) is 8.77. The van der Waals surface area contributed by atoms with Crippen LogP contribution >= 0.6 is 11.6 Å². The van der Waals surface area contributed by atoms with Crippen molar-refractivity contribution in [3.05, 3.63) is 11.1 Å². The van der Waals surface area contributed by atoms with Crippen molar-refractivity contribution < 1.29 is 0 Å². The van der Waals surface area contributed by atoms with Gasteiger partial charge in [-0.15, -0.1) is 10.2 Å². The zero-order chi connectivity index (χ0) is 13.0. The molecule has 1 atom stereocenters. The lowest BCUT2D eigenvalue weighted by Gasteiger charge is -2.31. The monoisotopic (exact) mass is 269 g/mol. The summed E-state index contributed by atoms with van der Waals surface area (Å²) in [6.45, 7) is 4.43. The van der Waals surface area contributed by atoms with Gasteiger partial charge < -0.3 is 0 Å². The molecule has 1 aromatic heterocycles. The van der Waals surface area contributed by atoms with Crippen molar-refractivity contribution in [3.8, 4) is 0 Å². The number of rotatable bonds is 5. The van der Waals surface area contributed by atoms with Crippen LogP contribution in [0.4, 0.5) is 0 Å². The van der Waals surface area contributed by atoms with Gasteiger partial charge in [-0.05, 0) is 43.2 Å². The molecule has 0 radical (unpaired) electrons. The highest BCUT2D eigenvalue weighted by molar-refractivity contribution is 6.28. The average molecular weight is 270 g/mol. The van der Waals surface area contributed by atoms with Gasteiger partial charge in [-0.3, -0.25) is 4.57 Å². The van der Waals surface area contributed by atoms with Gasteiger partial charge in [0.2, 0.25) is 5.28 Å². The molecule has 0 spiro atoms. The molecule has 1 aliphatic carbocycles. The zero-order valence-electron chi connectivity index (χ0n) is 11.5. The summed E-state index contributed by atoms with van der Waals surface area (Å²) in [5.74, 6) is 1.83. The maximum absolute atomic E-state index is 6.26. The Balaban J connectivity index is 2.22. The molecule has 1 saturated carbocycles. The number of hydrogen-bond donors (Lipinski definition) is 0. The van der Waals surface area contributed by atoms with Crippen molar-refractivity contribution in [2.45, 2.75) is 71.3 Å². The number of aromatic nitrogens is 3. The molecule has 1 heterocycles. The van der Waals surface area contributed by atoms with Crippen molar-refractivity contribution in [3.63, 3.8) is 0 Å². The largest absolute Gasteiger partial charge is 0.298 e. The van der Waals surface area contributed by atoms with Crippen LogP contribution in [-0.4, -0.2) is 14.8 Å². The van der Waals surface area contributed by atoms with Crippen LogP contribution in [0.15, 0.2) is 0 Å². The van der Waals surface area contributed by atoms with E-state index in [1.165, 1.54) is 32.1 Å². The molecule has 2 rings (SSSR count). The van der Waals surface area contributed by atoms with E-state index in [0.717, 1.165) is 31.0 Å². The minimum Gasteiger partial charge on any atom is -0.298 e. The molecule has 0 N–H and O–H groups in total. The fourth-order valence-corrected chi connectivity index (χ4v) is 3.53. The molecule has 1 aromatic rings. The summed E-state index contributed by atoms with van der Waals surface area (Å²) in [5, 5.41) is 8.91. The third kappa shape index (κ3) is 2.87. The van der Waals surface area contributed by atoms with Crippen molar-refractivity contribution in [2.24, 2.45) is 5.92 Å². The van der Waals surface area contributed by atoms with Gasteiger partial charge in [0, 0.05) is 12.5 Å². The highest BCUT2D eigenvalue weighted by Crippen LogP contribution is 2.36. The van der Waals surface area contributed by atoms with Crippen LogP contribution in [-0.2, 0) is 6.42 Å². The van der Waals surface area contributed by atoms with E-state index in [-0.39, 0.29) is 0 Å². The predicted molar refractivity (Wildman–Crippen MR) is 74.9 cm³/mol. The number of aryl methyl sites for hydroxylation is 1. The van der Waals surface area contributed by atoms with Crippen LogP contribution < -0.4 is 0 Å². The van der Waals surface area contributed by atoms with Crippen molar-refractivity contribution >= 4 is 11.6 Å². The number of hydrogen-bond acceptors (Lipinski definition) is 2. The maximum atomic E-state index is 6.26.